The Hall–Kier alpha value is -0.820. The molecule has 1 rings (SSSR count). The van der Waals surface area contributed by atoms with Crippen LogP contribution in [0.25, 0.3) is 0 Å². The molecule has 1 nitrogen and oxygen atoms in total. The van der Waals surface area contributed by atoms with E-state index in [4.69, 9.17) is 17.0 Å². The summed E-state index contributed by atoms with van der Waals surface area (Å²) in [5.74, 6) is 0. The van der Waals surface area contributed by atoms with Gasteiger partial charge in [0.1, 0.15) is 0 Å². The van der Waals surface area contributed by atoms with E-state index in [1.54, 1.807) is 0 Å². The minimum absolute atomic E-state index is 0.628. The molecule has 64 valence electrons. The van der Waals surface area contributed by atoms with Crippen LogP contribution in [0.1, 0.15) is 25.3 Å². The Morgan fingerprint density at radius 2 is 2.08 bits per heavy atom. The van der Waals surface area contributed by atoms with Gasteiger partial charge in [-0.15, -0.1) is 0 Å². The fourth-order valence-corrected chi connectivity index (χ4v) is 1.34. The summed E-state index contributed by atoms with van der Waals surface area (Å²) in [6, 6.07) is 7.50. The van der Waals surface area contributed by atoms with E-state index in [1.807, 2.05) is 24.3 Å². The molecule has 0 spiro atoms. The van der Waals surface area contributed by atoms with Crippen LogP contribution in [0.2, 0.25) is 5.02 Å². The fourth-order valence-electron chi connectivity index (χ4n) is 1.09. The van der Waals surface area contributed by atoms with Crippen molar-refractivity contribution in [1.29, 1.82) is 5.41 Å². The second-order valence-electron chi connectivity index (χ2n) is 2.71. The van der Waals surface area contributed by atoms with Crippen LogP contribution in [-0.2, 0) is 0 Å². The zero-order valence-corrected chi connectivity index (χ0v) is 7.86. The molecule has 1 aromatic rings. The molecule has 0 aliphatic heterocycles. The first-order valence-electron chi connectivity index (χ1n) is 4.08. The Bertz CT molecular complexity index is 281. The van der Waals surface area contributed by atoms with Crippen LogP contribution in [0.4, 0.5) is 0 Å². The van der Waals surface area contributed by atoms with Crippen LogP contribution in [-0.4, -0.2) is 5.71 Å². The van der Waals surface area contributed by atoms with Gasteiger partial charge >= 0.3 is 0 Å². The minimum Gasteiger partial charge on any atom is -0.305 e. The highest BCUT2D eigenvalue weighted by Gasteiger charge is 2.03. The summed E-state index contributed by atoms with van der Waals surface area (Å²) in [4.78, 5) is 0. The lowest BCUT2D eigenvalue weighted by molar-refractivity contribution is 0.986. The van der Waals surface area contributed by atoms with Crippen molar-refractivity contribution >= 4 is 17.3 Å². The van der Waals surface area contributed by atoms with E-state index in [-0.39, 0.29) is 0 Å². The molecule has 12 heavy (non-hydrogen) atoms. The summed E-state index contributed by atoms with van der Waals surface area (Å²) in [6.07, 6.45) is 1.79. The number of hydrogen-bond acceptors (Lipinski definition) is 1. The van der Waals surface area contributed by atoms with Crippen LogP contribution in [0.15, 0.2) is 24.3 Å². The number of rotatable bonds is 3. The Balaban J connectivity index is 2.87. The Kier molecular flexibility index (Phi) is 3.30. The highest BCUT2D eigenvalue weighted by molar-refractivity contribution is 6.34. The predicted molar refractivity (Wildman–Crippen MR) is 53.2 cm³/mol. The molecule has 0 aliphatic carbocycles. The molecule has 0 heterocycles. The number of benzene rings is 1. The second kappa shape index (κ2) is 4.27. The van der Waals surface area contributed by atoms with E-state index in [1.165, 1.54) is 0 Å². The van der Waals surface area contributed by atoms with Gasteiger partial charge in [0.2, 0.25) is 0 Å². The molecule has 0 bridgehead atoms. The molecule has 0 amide bonds. The standard InChI is InChI=1S/C10H12ClN/c1-2-5-10(12)8-6-3-4-7-9(8)11/h3-4,6-7,12H,2,5H2,1H3. The van der Waals surface area contributed by atoms with Gasteiger partial charge in [-0.3, -0.25) is 0 Å². The summed E-state index contributed by atoms with van der Waals surface area (Å²) in [5, 5.41) is 8.36. The van der Waals surface area contributed by atoms with Crippen LogP contribution >= 0.6 is 11.6 Å². The largest absolute Gasteiger partial charge is 0.305 e. The molecular weight excluding hydrogens is 170 g/mol. The lowest BCUT2D eigenvalue weighted by Gasteiger charge is -2.03. The van der Waals surface area contributed by atoms with Crippen LogP contribution in [0.5, 0.6) is 0 Å². The van der Waals surface area contributed by atoms with Crippen molar-refractivity contribution in [1.82, 2.24) is 0 Å². The topological polar surface area (TPSA) is 23.9 Å². The quantitative estimate of drug-likeness (QED) is 0.691. The second-order valence-corrected chi connectivity index (χ2v) is 3.12. The summed E-state index contributed by atoms with van der Waals surface area (Å²) < 4.78 is 0. The van der Waals surface area contributed by atoms with Crippen LogP contribution in [0.3, 0.4) is 0 Å². The third-order valence-electron chi connectivity index (χ3n) is 1.70. The van der Waals surface area contributed by atoms with E-state index in [2.05, 4.69) is 6.92 Å². The van der Waals surface area contributed by atoms with Gasteiger partial charge in [0.15, 0.2) is 0 Å². The van der Waals surface area contributed by atoms with Crippen LogP contribution < -0.4 is 0 Å². The van der Waals surface area contributed by atoms with Crippen molar-refractivity contribution in [3.05, 3.63) is 34.9 Å². The van der Waals surface area contributed by atoms with Gasteiger partial charge in [-0.05, 0) is 12.5 Å². The number of halogens is 1. The lowest BCUT2D eigenvalue weighted by atomic mass is 10.1. The van der Waals surface area contributed by atoms with Crippen molar-refractivity contribution in [3.63, 3.8) is 0 Å². The van der Waals surface area contributed by atoms with Gasteiger partial charge in [-0.2, -0.15) is 0 Å². The highest BCUT2D eigenvalue weighted by Crippen LogP contribution is 2.16. The predicted octanol–water partition coefficient (Wildman–Crippen LogP) is 3.51. The van der Waals surface area contributed by atoms with Gasteiger partial charge in [0.05, 0.1) is 0 Å². The summed E-state index contributed by atoms with van der Waals surface area (Å²) >= 11 is 5.91. The van der Waals surface area contributed by atoms with Gasteiger partial charge in [0, 0.05) is 16.3 Å². The SMILES string of the molecule is CCCC(=N)c1ccccc1Cl. The Labute approximate surface area is 77.9 Å². The van der Waals surface area contributed by atoms with Gasteiger partial charge in [-0.25, -0.2) is 0 Å². The molecule has 1 aromatic carbocycles. The highest BCUT2D eigenvalue weighted by atomic mass is 35.5. The van der Waals surface area contributed by atoms with Crippen molar-refractivity contribution in [2.75, 3.05) is 0 Å². The normalized spacial score (nSPS) is 9.83. The molecule has 2 heteroatoms. The molecule has 0 aliphatic rings. The Morgan fingerprint density at radius 3 is 2.67 bits per heavy atom. The Morgan fingerprint density at radius 1 is 1.42 bits per heavy atom. The average molecular weight is 182 g/mol. The minimum atomic E-state index is 0.628. The number of nitrogens with one attached hydrogen (secondary N) is 1. The van der Waals surface area contributed by atoms with Crippen molar-refractivity contribution < 1.29 is 0 Å². The van der Waals surface area contributed by atoms with Crippen molar-refractivity contribution in [3.8, 4) is 0 Å². The molecule has 0 atom stereocenters. The van der Waals surface area contributed by atoms with E-state index < -0.39 is 0 Å². The van der Waals surface area contributed by atoms with Crippen LogP contribution in [0, 0.1) is 5.41 Å². The molecule has 0 saturated carbocycles. The molecule has 1 N–H and O–H groups in total. The molecule has 0 fully saturated rings. The third-order valence-corrected chi connectivity index (χ3v) is 2.03. The lowest BCUT2D eigenvalue weighted by Crippen LogP contribution is -1.98. The molecule has 0 aromatic heterocycles. The van der Waals surface area contributed by atoms with Gasteiger partial charge < -0.3 is 5.41 Å². The maximum Gasteiger partial charge on any atom is 0.0496 e. The van der Waals surface area contributed by atoms with E-state index >= 15 is 0 Å². The zero-order chi connectivity index (χ0) is 8.97. The molecule has 0 unspecified atom stereocenters. The monoisotopic (exact) mass is 181 g/mol. The molecule has 0 saturated heterocycles. The average Bonchev–Trinajstić information content (AvgIpc) is 2.05. The maximum atomic E-state index is 7.69. The maximum absolute atomic E-state index is 7.69. The van der Waals surface area contributed by atoms with Crippen molar-refractivity contribution in [2.45, 2.75) is 19.8 Å². The third kappa shape index (κ3) is 2.08. The first-order valence-corrected chi connectivity index (χ1v) is 4.45. The smallest absolute Gasteiger partial charge is 0.0496 e. The van der Waals surface area contributed by atoms with E-state index in [0.29, 0.717) is 10.7 Å². The van der Waals surface area contributed by atoms with E-state index in [0.717, 1.165) is 18.4 Å². The summed E-state index contributed by atoms with van der Waals surface area (Å²) in [6.45, 7) is 2.06. The molecule has 0 radical (unpaired) electrons. The molecular formula is C10H12ClN. The zero-order valence-electron chi connectivity index (χ0n) is 7.10. The van der Waals surface area contributed by atoms with E-state index in [9.17, 15) is 0 Å². The van der Waals surface area contributed by atoms with Gasteiger partial charge in [0.25, 0.3) is 0 Å². The summed E-state index contributed by atoms with van der Waals surface area (Å²) in [5.41, 5.74) is 1.49. The first-order chi connectivity index (χ1) is 5.75. The summed E-state index contributed by atoms with van der Waals surface area (Å²) in [7, 11) is 0. The van der Waals surface area contributed by atoms with Gasteiger partial charge in [-0.1, -0.05) is 43.1 Å². The fraction of sp³-hybridized carbons (Fsp3) is 0.300. The number of hydrogen-bond donors (Lipinski definition) is 1. The first kappa shape index (κ1) is 9.27. The van der Waals surface area contributed by atoms with Crippen molar-refractivity contribution in [2.24, 2.45) is 0 Å².